The van der Waals surface area contributed by atoms with Crippen molar-refractivity contribution in [1.82, 2.24) is 14.1 Å². The molecule has 1 aliphatic rings. The maximum Gasteiger partial charge on any atom is 0.261 e. The average Bonchev–Trinajstić information content (AvgIpc) is 2.85. The predicted molar refractivity (Wildman–Crippen MR) is 126 cm³/mol. The molecule has 33 heavy (non-hydrogen) atoms. The van der Waals surface area contributed by atoms with Crippen LogP contribution in [0.4, 0.5) is 0 Å². The van der Waals surface area contributed by atoms with Crippen LogP contribution in [-0.2, 0) is 6.54 Å². The Morgan fingerprint density at radius 2 is 1.88 bits per heavy atom. The van der Waals surface area contributed by atoms with Crippen LogP contribution in [0.25, 0.3) is 10.9 Å². The smallest absolute Gasteiger partial charge is 0.261 e. The average molecular weight is 451 g/mol. The zero-order chi connectivity index (χ0) is 23.2. The van der Waals surface area contributed by atoms with Gasteiger partial charge in [-0.05, 0) is 37.5 Å². The molecule has 1 aromatic carbocycles. The summed E-state index contributed by atoms with van der Waals surface area (Å²) in [5, 5.41) is 0.451. The lowest BCUT2D eigenvalue weighted by Crippen LogP contribution is -2.29. The molecule has 8 heteroatoms. The highest BCUT2D eigenvalue weighted by Crippen LogP contribution is 2.29. The third kappa shape index (κ3) is 5.16. The second-order valence-corrected chi connectivity index (χ2v) is 8.31. The van der Waals surface area contributed by atoms with Gasteiger partial charge in [0.2, 0.25) is 5.91 Å². The van der Waals surface area contributed by atoms with Crippen molar-refractivity contribution in [2.24, 2.45) is 4.99 Å². The van der Waals surface area contributed by atoms with E-state index in [4.69, 9.17) is 14.5 Å². The molecule has 0 N–H and O–H groups in total. The summed E-state index contributed by atoms with van der Waals surface area (Å²) >= 11 is 0. The van der Waals surface area contributed by atoms with Crippen LogP contribution in [0.2, 0.25) is 0 Å². The predicted octanol–water partition coefficient (Wildman–Crippen LogP) is 3.57. The third-order valence-corrected chi connectivity index (χ3v) is 6.12. The van der Waals surface area contributed by atoms with Gasteiger partial charge in [0.1, 0.15) is 5.49 Å². The van der Waals surface area contributed by atoms with Gasteiger partial charge in [-0.3, -0.25) is 23.7 Å². The van der Waals surface area contributed by atoms with Crippen LogP contribution < -0.4 is 20.5 Å². The lowest BCUT2D eigenvalue weighted by Gasteiger charge is -2.17. The number of benzene rings is 1. The number of nitrogens with zero attached hydrogens (tertiary/aromatic N) is 4. The maximum atomic E-state index is 12.9. The Kier molecular flexibility index (Phi) is 7.22. The summed E-state index contributed by atoms with van der Waals surface area (Å²) in [5.74, 6) is 0.972. The summed E-state index contributed by atoms with van der Waals surface area (Å²) < 4.78 is 13.8. The molecular weight excluding hydrogens is 420 g/mol. The van der Waals surface area contributed by atoms with Crippen molar-refractivity contribution in [2.45, 2.75) is 57.5 Å². The van der Waals surface area contributed by atoms with E-state index >= 15 is 0 Å². The van der Waals surface area contributed by atoms with E-state index < -0.39 is 0 Å². The third-order valence-electron chi connectivity index (χ3n) is 6.12. The molecule has 2 aromatic heterocycles. The molecule has 0 unspecified atom stereocenters. The zero-order valence-electron chi connectivity index (χ0n) is 19.2. The van der Waals surface area contributed by atoms with Gasteiger partial charge in [-0.25, -0.2) is 4.98 Å². The molecule has 1 fully saturated rings. The number of rotatable bonds is 7. The Hall–Kier alpha value is -3.42. The molecule has 0 bridgehead atoms. The number of carbonyl (C=O) groups is 1. The molecule has 0 atom stereocenters. The Balaban J connectivity index is 1.48. The van der Waals surface area contributed by atoms with Crippen molar-refractivity contribution in [2.75, 3.05) is 14.2 Å². The maximum absolute atomic E-state index is 12.9. The van der Waals surface area contributed by atoms with Gasteiger partial charge >= 0.3 is 0 Å². The number of aryl methyl sites for hydroxylation is 1. The van der Waals surface area contributed by atoms with Crippen molar-refractivity contribution >= 4 is 16.8 Å². The summed E-state index contributed by atoms with van der Waals surface area (Å²) in [4.78, 5) is 35.1. The Morgan fingerprint density at radius 1 is 1.12 bits per heavy atom. The van der Waals surface area contributed by atoms with Crippen LogP contribution in [0.1, 0.15) is 49.7 Å². The van der Waals surface area contributed by atoms with Crippen LogP contribution in [0.15, 0.2) is 52.6 Å². The van der Waals surface area contributed by atoms with E-state index in [2.05, 4.69) is 4.98 Å². The molecule has 174 valence electrons. The second kappa shape index (κ2) is 10.5. The SMILES string of the molecule is COc1cc2ncn(CCCC(=O)n3ccccc3=NC3CCCCC3)c(=O)c2cc1OC. The molecule has 8 nitrogen and oxygen atoms in total. The van der Waals surface area contributed by atoms with E-state index in [1.165, 1.54) is 37.3 Å². The Morgan fingerprint density at radius 3 is 2.64 bits per heavy atom. The van der Waals surface area contributed by atoms with Crippen molar-refractivity contribution < 1.29 is 14.3 Å². The number of ether oxygens (including phenoxy) is 2. The first-order valence-electron chi connectivity index (χ1n) is 11.5. The number of hydrogen-bond donors (Lipinski definition) is 0. The Bertz CT molecular complexity index is 1260. The highest BCUT2D eigenvalue weighted by molar-refractivity contribution is 5.81. The molecule has 4 rings (SSSR count). The van der Waals surface area contributed by atoms with Crippen LogP contribution in [0, 0.1) is 0 Å². The second-order valence-electron chi connectivity index (χ2n) is 8.31. The van der Waals surface area contributed by atoms with Gasteiger partial charge in [-0.1, -0.05) is 25.3 Å². The van der Waals surface area contributed by atoms with Gasteiger partial charge in [0.05, 0.1) is 37.5 Å². The first-order chi connectivity index (χ1) is 16.1. The molecule has 0 amide bonds. The van der Waals surface area contributed by atoms with Crippen LogP contribution in [-0.4, -0.2) is 40.3 Å². The fraction of sp³-hybridized carbons (Fsp3) is 0.440. The molecule has 3 aromatic rings. The number of carbonyl (C=O) groups excluding carboxylic acids is 1. The standard InChI is InChI=1S/C25H30N4O4/c1-32-21-15-19-20(16-22(21)33-2)26-17-28(25(19)31)13-8-12-24(30)29-14-7-6-11-23(29)27-18-9-4-3-5-10-18/h6-7,11,14-18H,3-5,8-10,12-13H2,1-2H3. The Labute approximate surface area is 192 Å². The minimum absolute atomic E-state index is 0.0293. The molecule has 0 saturated heterocycles. The first-order valence-corrected chi connectivity index (χ1v) is 11.5. The number of pyridine rings is 1. The summed E-state index contributed by atoms with van der Waals surface area (Å²) in [5.41, 5.74) is 1.08. The molecule has 1 saturated carbocycles. The summed E-state index contributed by atoms with van der Waals surface area (Å²) in [6, 6.07) is 9.27. The van der Waals surface area contributed by atoms with E-state index in [1.807, 2.05) is 18.2 Å². The van der Waals surface area contributed by atoms with E-state index in [-0.39, 0.29) is 17.5 Å². The molecule has 0 radical (unpaired) electrons. The van der Waals surface area contributed by atoms with Crippen LogP contribution in [0.3, 0.4) is 0 Å². The molecule has 0 spiro atoms. The zero-order valence-corrected chi connectivity index (χ0v) is 19.2. The number of fused-ring (bicyclic) bond motifs is 1. The highest BCUT2D eigenvalue weighted by atomic mass is 16.5. The normalized spacial score (nSPS) is 15.0. The van der Waals surface area contributed by atoms with E-state index in [0.29, 0.717) is 47.3 Å². The van der Waals surface area contributed by atoms with Crippen LogP contribution >= 0.6 is 0 Å². The van der Waals surface area contributed by atoms with Crippen molar-refractivity contribution in [1.29, 1.82) is 0 Å². The highest BCUT2D eigenvalue weighted by Gasteiger charge is 2.14. The number of aromatic nitrogens is 3. The first kappa shape index (κ1) is 22.8. The molecular formula is C25H30N4O4. The molecule has 0 aliphatic heterocycles. The van der Waals surface area contributed by atoms with Gasteiger partial charge < -0.3 is 9.47 Å². The van der Waals surface area contributed by atoms with E-state index in [1.54, 1.807) is 30.0 Å². The van der Waals surface area contributed by atoms with E-state index in [9.17, 15) is 9.59 Å². The summed E-state index contributed by atoms with van der Waals surface area (Å²) in [6.07, 6.45) is 9.93. The summed E-state index contributed by atoms with van der Waals surface area (Å²) in [7, 11) is 3.07. The van der Waals surface area contributed by atoms with Gasteiger partial charge in [0.25, 0.3) is 5.56 Å². The fourth-order valence-corrected chi connectivity index (χ4v) is 4.31. The molecule has 1 aliphatic carbocycles. The fourth-order valence-electron chi connectivity index (χ4n) is 4.31. The van der Waals surface area contributed by atoms with Gasteiger partial charge in [-0.15, -0.1) is 0 Å². The van der Waals surface area contributed by atoms with E-state index in [0.717, 1.165) is 12.8 Å². The number of hydrogen-bond acceptors (Lipinski definition) is 6. The lowest BCUT2D eigenvalue weighted by molar-refractivity contribution is 0.0892. The topological polar surface area (TPSA) is 87.7 Å². The summed E-state index contributed by atoms with van der Waals surface area (Å²) in [6.45, 7) is 0.393. The van der Waals surface area contributed by atoms with Crippen molar-refractivity contribution in [3.05, 3.63) is 58.7 Å². The van der Waals surface area contributed by atoms with Gasteiger partial charge in [-0.2, -0.15) is 0 Å². The largest absolute Gasteiger partial charge is 0.493 e. The van der Waals surface area contributed by atoms with Gasteiger partial charge in [0.15, 0.2) is 11.5 Å². The van der Waals surface area contributed by atoms with Crippen LogP contribution in [0.5, 0.6) is 11.5 Å². The lowest BCUT2D eigenvalue weighted by atomic mass is 9.96. The van der Waals surface area contributed by atoms with Crippen molar-refractivity contribution in [3.63, 3.8) is 0 Å². The molecule has 2 heterocycles. The minimum Gasteiger partial charge on any atom is -0.493 e. The monoisotopic (exact) mass is 450 g/mol. The van der Waals surface area contributed by atoms with Crippen molar-refractivity contribution in [3.8, 4) is 11.5 Å². The minimum atomic E-state index is -0.172. The van der Waals surface area contributed by atoms with Gasteiger partial charge in [0, 0.05) is 25.2 Å². The number of methoxy groups -OCH3 is 2. The quantitative estimate of drug-likeness (QED) is 0.549.